The van der Waals surface area contributed by atoms with Crippen LogP contribution in [-0.2, 0) is 0 Å². The molecule has 1 aliphatic heterocycles. The molecule has 0 atom stereocenters. The summed E-state index contributed by atoms with van der Waals surface area (Å²) in [5.41, 5.74) is -0.198. The van der Waals surface area contributed by atoms with Crippen LogP contribution in [0.1, 0.15) is 23.2 Å². The van der Waals surface area contributed by atoms with Crippen molar-refractivity contribution in [3.63, 3.8) is 0 Å². The minimum absolute atomic E-state index is 0.0399. The highest BCUT2D eigenvalue weighted by molar-refractivity contribution is 6.00. The minimum Gasteiger partial charge on any atom is -0.478 e. The van der Waals surface area contributed by atoms with Gasteiger partial charge >= 0.3 is 12.0 Å². The summed E-state index contributed by atoms with van der Waals surface area (Å²) in [5.74, 6) is -1.82. The average molecular weight is 281 g/mol. The number of urea groups is 1. The van der Waals surface area contributed by atoms with Crippen molar-refractivity contribution in [3.05, 3.63) is 29.6 Å². The SMILES string of the molecule is O=C(Nc1cc(F)ccc1C(=O)O)NC1CCNCC1. The van der Waals surface area contributed by atoms with Crippen LogP contribution in [0.3, 0.4) is 0 Å². The number of nitrogens with one attached hydrogen (secondary N) is 3. The first-order valence-corrected chi connectivity index (χ1v) is 6.37. The lowest BCUT2D eigenvalue weighted by Gasteiger charge is -2.23. The number of carbonyl (C=O) groups is 2. The number of anilines is 1. The zero-order chi connectivity index (χ0) is 14.5. The molecule has 6 nitrogen and oxygen atoms in total. The first kappa shape index (κ1) is 14.3. The number of hydrogen-bond donors (Lipinski definition) is 4. The molecular formula is C13H16FN3O3. The van der Waals surface area contributed by atoms with Gasteiger partial charge in [0.1, 0.15) is 5.82 Å². The molecule has 2 amide bonds. The van der Waals surface area contributed by atoms with Gasteiger partial charge in [-0.15, -0.1) is 0 Å². The van der Waals surface area contributed by atoms with Crippen LogP contribution in [0.5, 0.6) is 0 Å². The molecule has 0 spiro atoms. The smallest absolute Gasteiger partial charge is 0.337 e. The molecule has 108 valence electrons. The van der Waals surface area contributed by atoms with Gasteiger partial charge in [0.15, 0.2) is 0 Å². The first-order valence-electron chi connectivity index (χ1n) is 6.37. The molecule has 2 rings (SSSR count). The predicted octanol–water partition coefficient (Wildman–Crippen LogP) is 1.40. The maximum absolute atomic E-state index is 13.1. The van der Waals surface area contributed by atoms with Crippen LogP contribution in [0.2, 0.25) is 0 Å². The number of carbonyl (C=O) groups excluding carboxylic acids is 1. The summed E-state index contributed by atoms with van der Waals surface area (Å²) in [5, 5.41) is 17.3. The van der Waals surface area contributed by atoms with Crippen LogP contribution >= 0.6 is 0 Å². The summed E-state index contributed by atoms with van der Waals surface area (Å²) < 4.78 is 13.1. The fraction of sp³-hybridized carbons (Fsp3) is 0.385. The van der Waals surface area contributed by atoms with Crippen molar-refractivity contribution >= 4 is 17.7 Å². The molecule has 0 aliphatic carbocycles. The lowest BCUT2D eigenvalue weighted by atomic mass is 10.1. The molecule has 20 heavy (non-hydrogen) atoms. The Kier molecular flexibility index (Phi) is 4.52. The Balaban J connectivity index is 2.03. The molecular weight excluding hydrogens is 265 g/mol. The van der Waals surface area contributed by atoms with E-state index in [2.05, 4.69) is 16.0 Å². The van der Waals surface area contributed by atoms with Gasteiger partial charge in [0, 0.05) is 6.04 Å². The summed E-state index contributed by atoms with van der Waals surface area (Å²) >= 11 is 0. The molecule has 0 unspecified atom stereocenters. The third kappa shape index (κ3) is 3.67. The first-order chi connectivity index (χ1) is 9.56. The molecule has 1 saturated heterocycles. The van der Waals surface area contributed by atoms with Crippen molar-refractivity contribution < 1.29 is 19.1 Å². The van der Waals surface area contributed by atoms with E-state index in [0.29, 0.717) is 0 Å². The molecule has 7 heteroatoms. The van der Waals surface area contributed by atoms with Crippen molar-refractivity contribution in [2.75, 3.05) is 18.4 Å². The van der Waals surface area contributed by atoms with Gasteiger partial charge in [-0.1, -0.05) is 0 Å². The molecule has 1 aromatic rings. The highest BCUT2D eigenvalue weighted by Gasteiger charge is 2.17. The van der Waals surface area contributed by atoms with Gasteiger partial charge in [-0.3, -0.25) is 0 Å². The summed E-state index contributed by atoms with van der Waals surface area (Å²) in [4.78, 5) is 22.8. The molecule has 1 aliphatic rings. The Labute approximate surface area is 115 Å². The standard InChI is InChI=1S/C13H16FN3O3/c14-8-1-2-10(12(18)19)11(7-8)17-13(20)16-9-3-5-15-6-4-9/h1-2,7,9,15H,3-6H2,(H,18,19)(H2,16,17,20). The molecule has 0 radical (unpaired) electrons. The minimum atomic E-state index is -1.22. The number of carboxylic acids is 1. The maximum Gasteiger partial charge on any atom is 0.337 e. The summed E-state index contributed by atoms with van der Waals surface area (Å²) in [6.45, 7) is 1.65. The quantitative estimate of drug-likeness (QED) is 0.674. The van der Waals surface area contributed by atoms with Crippen LogP contribution in [0.4, 0.5) is 14.9 Å². The topological polar surface area (TPSA) is 90.5 Å². The average Bonchev–Trinajstić information content (AvgIpc) is 2.39. The van der Waals surface area contributed by atoms with Gasteiger partial charge in [0.25, 0.3) is 0 Å². The second kappa shape index (κ2) is 6.33. The highest BCUT2D eigenvalue weighted by Crippen LogP contribution is 2.17. The van der Waals surface area contributed by atoms with Gasteiger partial charge < -0.3 is 21.1 Å². The second-order valence-corrected chi connectivity index (χ2v) is 4.62. The molecule has 0 bridgehead atoms. The Morgan fingerprint density at radius 3 is 2.65 bits per heavy atom. The van der Waals surface area contributed by atoms with Gasteiger partial charge in [-0.2, -0.15) is 0 Å². The van der Waals surface area contributed by atoms with Gasteiger partial charge in [-0.25, -0.2) is 14.0 Å². The van der Waals surface area contributed by atoms with Gasteiger partial charge in [-0.05, 0) is 44.1 Å². The largest absolute Gasteiger partial charge is 0.478 e. The number of benzene rings is 1. The van der Waals surface area contributed by atoms with E-state index in [1.54, 1.807) is 0 Å². The van der Waals surface area contributed by atoms with Crippen molar-refractivity contribution in [1.29, 1.82) is 0 Å². The molecule has 0 saturated carbocycles. The van der Waals surface area contributed by atoms with Gasteiger partial charge in [0.05, 0.1) is 11.3 Å². The molecule has 0 aromatic heterocycles. The van der Waals surface area contributed by atoms with E-state index in [0.717, 1.165) is 44.1 Å². The van der Waals surface area contributed by atoms with Crippen LogP contribution in [-0.4, -0.2) is 36.2 Å². The van der Waals surface area contributed by atoms with E-state index < -0.39 is 17.8 Å². The van der Waals surface area contributed by atoms with Crippen LogP contribution in [0.25, 0.3) is 0 Å². The van der Waals surface area contributed by atoms with Gasteiger partial charge in [0.2, 0.25) is 0 Å². The number of rotatable bonds is 3. The third-order valence-electron chi connectivity index (χ3n) is 3.13. The van der Waals surface area contributed by atoms with E-state index >= 15 is 0 Å². The number of carboxylic acid groups (broad SMARTS) is 1. The lowest BCUT2D eigenvalue weighted by molar-refractivity contribution is 0.0698. The summed E-state index contributed by atoms with van der Waals surface area (Å²) in [6.07, 6.45) is 1.62. The Bertz CT molecular complexity index is 516. The predicted molar refractivity (Wildman–Crippen MR) is 71.4 cm³/mol. The van der Waals surface area contributed by atoms with E-state index in [1.165, 1.54) is 0 Å². The van der Waals surface area contributed by atoms with Crippen molar-refractivity contribution in [2.24, 2.45) is 0 Å². The summed E-state index contributed by atoms with van der Waals surface area (Å²) in [6, 6.07) is 2.67. The van der Waals surface area contributed by atoms with E-state index in [-0.39, 0.29) is 17.3 Å². The van der Waals surface area contributed by atoms with Crippen molar-refractivity contribution in [2.45, 2.75) is 18.9 Å². The van der Waals surface area contributed by atoms with Crippen molar-refractivity contribution in [1.82, 2.24) is 10.6 Å². The van der Waals surface area contributed by atoms with Crippen LogP contribution in [0.15, 0.2) is 18.2 Å². The summed E-state index contributed by atoms with van der Waals surface area (Å²) in [7, 11) is 0. The number of hydrogen-bond acceptors (Lipinski definition) is 3. The normalized spacial score (nSPS) is 15.7. The van der Waals surface area contributed by atoms with Crippen LogP contribution < -0.4 is 16.0 Å². The number of aromatic carboxylic acids is 1. The van der Waals surface area contributed by atoms with Crippen LogP contribution in [0, 0.1) is 5.82 Å². The molecule has 1 fully saturated rings. The zero-order valence-corrected chi connectivity index (χ0v) is 10.8. The molecule has 1 aromatic carbocycles. The maximum atomic E-state index is 13.1. The fourth-order valence-corrected chi connectivity index (χ4v) is 2.12. The second-order valence-electron chi connectivity index (χ2n) is 4.62. The number of halogens is 1. The number of amides is 2. The van der Waals surface area contributed by atoms with E-state index in [1.807, 2.05) is 0 Å². The number of piperidine rings is 1. The van der Waals surface area contributed by atoms with E-state index in [4.69, 9.17) is 5.11 Å². The zero-order valence-electron chi connectivity index (χ0n) is 10.8. The molecule has 4 N–H and O–H groups in total. The molecule has 1 heterocycles. The Morgan fingerprint density at radius 2 is 2.00 bits per heavy atom. The Hall–Kier alpha value is -2.15. The third-order valence-corrected chi connectivity index (χ3v) is 3.13. The Morgan fingerprint density at radius 1 is 1.30 bits per heavy atom. The lowest BCUT2D eigenvalue weighted by Crippen LogP contribution is -2.44. The monoisotopic (exact) mass is 281 g/mol. The highest BCUT2D eigenvalue weighted by atomic mass is 19.1. The fourth-order valence-electron chi connectivity index (χ4n) is 2.12. The van der Waals surface area contributed by atoms with Crippen molar-refractivity contribution in [3.8, 4) is 0 Å². The van der Waals surface area contributed by atoms with E-state index in [9.17, 15) is 14.0 Å².